The monoisotopic (exact) mass is 422 g/mol. The second-order valence-electron chi connectivity index (χ2n) is 6.88. The highest BCUT2D eigenvalue weighted by Crippen LogP contribution is 2.25. The summed E-state index contributed by atoms with van der Waals surface area (Å²) >= 11 is 5.98. The Bertz CT molecular complexity index is 923. The highest BCUT2D eigenvalue weighted by atomic mass is 35.5. The van der Waals surface area contributed by atoms with Crippen molar-refractivity contribution in [3.05, 3.63) is 53.6 Å². The second kappa shape index (κ2) is 8.94. The van der Waals surface area contributed by atoms with E-state index in [9.17, 15) is 13.2 Å². The van der Waals surface area contributed by atoms with Gasteiger partial charge in [0.2, 0.25) is 10.0 Å². The quantitative estimate of drug-likeness (QED) is 0.768. The maximum absolute atomic E-state index is 12.7. The highest BCUT2D eigenvalue weighted by Gasteiger charge is 2.27. The van der Waals surface area contributed by atoms with Crippen molar-refractivity contribution in [3.63, 3.8) is 0 Å². The van der Waals surface area contributed by atoms with Gasteiger partial charge in [0.1, 0.15) is 5.75 Å². The molecule has 150 valence electrons. The van der Waals surface area contributed by atoms with Crippen LogP contribution in [0.5, 0.6) is 5.75 Å². The maximum atomic E-state index is 12.7. The van der Waals surface area contributed by atoms with Gasteiger partial charge in [-0.05, 0) is 55.2 Å². The number of piperidine rings is 1. The third-order valence-corrected chi connectivity index (χ3v) is 6.94. The first-order valence-corrected chi connectivity index (χ1v) is 11.0. The number of hydrogen-bond donors (Lipinski definition) is 1. The smallest absolute Gasteiger partial charge is 0.262 e. The number of ether oxygens (including phenoxy) is 1. The Morgan fingerprint density at radius 3 is 2.43 bits per heavy atom. The van der Waals surface area contributed by atoms with Gasteiger partial charge < -0.3 is 10.1 Å². The lowest BCUT2D eigenvalue weighted by Crippen LogP contribution is -2.37. The van der Waals surface area contributed by atoms with Crippen LogP contribution in [0.25, 0.3) is 0 Å². The van der Waals surface area contributed by atoms with Gasteiger partial charge in [-0.2, -0.15) is 4.31 Å². The lowest BCUT2D eigenvalue weighted by Gasteiger charge is -2.29. The van der Waals surface area contributed by atoms with Gasteiger partial charge in [0.05, 0.1) is 9.92 Å². The molecule has 1 saturated heterocycles. The SMILES string of the molecule is CC1CCN(S(=O)(=O)c2ccc(NC(=O)COc3ccccc3Cl)cc2)CC1. The fraction of sp³-hybridized carbons (Fsp3) is 0.350. The first-order valence-electron chi connectivity index (χ1n) is 9.13. The first-order chi connectivity index (χ1) is 13.4. The number of amides is 1. The molecule has 0 unspecified atom stereocenters. The molecule has 0 atom stereocenters. The van der Waals surface area contributed by atoms with Crippen LogP contribution in [-0.4, -0.2) is 38.3 Å². The van der Waals surface area contributed by atoms with Crippen LogP contribution in [-0.2, 0) is 14.8 Å². The maximum Gasteiger partial charge on any atom is 0.262 e. The molecule has 2 aromatic carbocycles. The molecule has 3 rings (SSSR count). The molecule has 8 heteroatoms. The zero-order chi connectivity index (χ0) is 20.1. The number of sulfonamides is 1. The van der Waals surface area contributed by atoms with E-state index in [1.165, 1.54) is 16.4 Å². The fourth-order valence-corrected chi connectivity index (χ4v) is 4.65. The van der Waals surface area contributed by atoms with Crippen molar-refractivity contribution in [2.24, 2.45) is 5.92 Å². The topological polar surface area (TPSA) is 75.7 Å². The van der Waals surface area contributed by atoms with Gasteiger partial charge in [-0.25, -0.2) is 8.42 Å². The number of carbonyl (C=O) groups excluding carboxylic acids is 1. The summed E-state index contributed by atoms with van der Waals surface area (Å²) in [5.74, 6) is 0.620. The number of carbonyl (C=O) groups is 1. The molecule has 1 aliphatic heterocycles. The molecule has 0 aromatic heterocycles. The predicted molar refractivity (Wildman–Crippen MR) is 109 cm³/mol. The number of nitrogens with zero attached hydrogens (tertiary/aromatic N) is 1. The van der Waals surface area contributed by atoms with Crippen molar-refractivity contribution in [2.45, 2.75) is 24.7 Å². The number of hydrogen-bond acceptors (Lipinski definition) is 4. The predicted octanol–water partition coefficient (Wildman–Crippen LogP) is 3.78. The zero-order valence-electron chi connectivity index (χ0n) is 15.6. The number of halogens is 1. The van der Waals surface area contributed by atoms with E-state index >= 15 is 0 Å². The average Bonchev–Trinajstić information content (AvgIpc) is 2.68. The van der Waals surface area contributed by atoms with E-state index in [-0.39, 0.29) is 17.4 Å². The summed E-state index contributed by atoms with van der Waals surface area (Å²) < 4.78 is 32.4. The molecule has 0 bridgehead atoms. The Morgan fingerprint density at radius 2 is 1.79 bits per heavy atom. The van der Waals surface area contributed by atoms with Gasteiger partial charge in [0, 0.05) is 18.8 Å². The van der Waals surface area contributed by atoms with Crippen molar-refractivity contribution < 1.29 is 17.9 Å². The Balaban J connectivity index is 1.58. The molecule has 1 amide bonds. The van der Waals surface area contributed by atoms with Crippen molar-refractivity contribution in [2.75, 3.05) is 25.0 Å². The van der Waals surface area contributed by atoms with E-state index < -0.39 is 10.0 Å². The number of anilines is 1. The molecule has 0 radical (unpaired) electrons. The average molecular weight is 423 g/mol. The summed E-state index contributed by atoms with van der Waals surface area (Å²) in [6.45, 7) is 3.02. The largest absolute Gasteiger partial charge is 0.482 e. The lowest BCUT2D eigenvalue weighted by molar-refractivity contribution is -0.118. The fourth-order valence-electron chi connectivity index (χ4n) is 2.99. The van der Waals surface area contributed by atoms with Crippen molar-refractivity contribution >= 4 is 33.2 Å². The summed E-state index contributed by atoms with van der Waals surface area (Å²) in [5, 5.41) is 3.11. The van der Waals surface area contributed by atoms with Crippen LogP contribution in [0.2, 0.25) is 5.02 Å². The van der Waals surface area contributed by atoms with E-state index in [0.29, 0.717) is 35.5 Å². The molecule has 1 aliphatic rings. The molecule has 1 heterocycles. The zero-order valence-corrected chi connectivity index (χ0v) is 17.2. The highest BCUT2D eigenvalue weighted by molar-refractivity contribution is 7.89. The van der Waals surface area contributed by atoms with E-state index in [4.69, 9.17) is 16.3 Å². The Hall–Kier alpha value is -2.09. The summed E-state index contributed by atoms with van der Waals surface area (Å²) in [7, 11) is -3.50. The van der Waals surface area contributed by atoms with Crippen LogP contribution >= 0.6 is 11.6 Å². The molecular weight excluding hydrogens is 400 g/mol. The third-order valence-electron chi connectivity index (χ3n) is 4.71. The molecule has 0 spiro atoms. The molecule has 6 nitrogen and oxygen atoms in total. The van der Waals surface area contributed by atoms with E-state index in [1.807, 2.05) is 0 Å². The van der Waals surface area contributed by atoms with Gasteiger partial charge in [-0.1, -0.05) is 30.7 Å². The minimum Gasteiger partial charge on any atom is -0.482 e. The Kier molecular flexibility index (Phi) is 6.59. The lowest BCUT2D eigenvalue weighted by atomic mass is 10.0. The minimum atomic E-state index is -3.50. The Morgan fingerprint density at radius 1 is 1.14 bits per heavy atom. The van der Waals surface area contributed by atoms with Crippen molar-refractivity contribution in [3.8, 4) is 5.75 Å². The summed E-state index contributed by atoms with van der Waals surface area (Å²) in [6, 6.07) is 13.1. The van der Waals surface area contributed by atoms with Crippen LogP contribution < -0.4 is 10.1 Å². The molecule has 0 saturated carbocycles. The standard InChI is InChI=1S/C20H23ClN2O4S/c1-15-10-12-23(13-11-15)28(25,26)17-8-6-16(7-9-17)22-20(24)14-27-19-5-3-2-4-18(19)21/h2-9,15H,10-14H2,1H3,(H,22,24). The molecule has 0 aliphatic carbocycles. The summed E-state index contributed by atoms with van der Waals surface area (Å²) in [5.41, 5.74) is 0.499. The number of benzene rings is 2. The summed E-state index contributed by atoms with van der Waals surface area (Å²) in [4.78, 5) is 12.3. The van der Waals surface area contributed by atoms with Crippen molar-refractivity contribution in [1.29, 1.82) is 0 Å². The van der Waals surface area contributed by atoms with Crippen LogP contribution in [0.4, 0.5) is 5.69 Å². The molecule has 1 N–H and O–H groups in total. The van der Waals surface area contributed by atoms with Crippen LogP contribution in [0.3, 0.4) is 0 Å². The van der Waals surface area contributed by atoms with Gasteiger partial charge in [-0.3, -0.25) is 4.79 Å². The first kappa shape index (κ1) is 20.6. The number of para-hydroxylation sites is 1. The summed E-state index contributed by atoms with van der Waals surface area (Å²) in [6.07, 6.45) is 1.75. The number of nitrogens with one attached hydrogen (secondary N) is 1. The van der Waals surface area contributed by atoms with Crippen LogP contribution in [0.15, 0.2) is 53.4 Å². The molecule has 2 aromatic rings. The van der Waals surface area contributed by atoms with Gasteiger partial charge >= 0.3 is 0 Å². The van der Waals surface area contributed by atoms with Crippen molar-refractivity contribution in [1.82, 2.24) is 4.31 Å². The minimum absolute atomic E-state index is 0.199. The van der Waals surface area contributed by atoms with Gasteiger partial charge in [-0.15, -0.1) is 0 Å². The number of rotatable bonds is 6. The second-order valence-corrected chi connectivity index (χ2v) is 9.22. The third kappa shape index (κ3) is 5.04. The van der Waals surface area contributed by atoms with Crippen LogP contribution in [0.1, 0.15) is 19.8 Å². The molecular formula is C20H23ClN2O4S. The van der Waals surface area contributed by atoms with E-state index in [2.05, 4.69) is 12.2 Å². The van der Waals surface area contributed by atoms with Gasteiger partial charge in [0.15, 0.2) is 6.61 Å². The van der Waals surface area contributed by atoms with Crippen LogP contribution in [0, 0.1) is 5.92 Å². The van der Waals surface area contributed by atoms with Gasteiger partial charge in [0.25, 0.3) is 5.91 Å². The molecule has 1 fully saturated rings. The molecule has 28 heavy (non-hydrogen) atoms. The normalized spacial score (nSPS) is 15.9. The van der Waals surface area contributed by atoms with E-state index in [1.54, 1.807) is 36.4 Å². The Labute approximate surface area is 170 Å². The van der Waals surface area contributed by atoms with E-state index in [0.717, 1.165) is 12.8 Å².